The summed E-state index contributed by atoms with van der Waals surface area (Å²) in [5.41, 5.74) is 14.4. The minimum Gasteiger partial charge on any atom is -0.382 e. The number of nitrogens with zero attached hydrogens (tertiary/aromatic N) is 1. The molecule has 0 aliphatic heterocycles. The van der Waals surface area contributed by atoms with Crippen molar-refractivity contribution in [2.75, 3.05) is 36.9 Å². The maximum atomic E-state index is 6.21. The topological polar surface area (TPSA) is 91.4 Å². The highest BCUT2D eigenvalue weighted by molar-refractivity contribution is 6.30. The zero-order chi connectivity index (χ0) is 21.8. The number of hydrogen-bond donors (Lipinski definition) is 5. The normalized spacial score (nSPS) is 13.1. The SMILES string of the molecule is CNC(N)N(CCCCCCNC(N)CNc1ccc(Cl)cc1)c1ccc(Cl)cc1. The van der Waals surface area contributed by atoms with E-state index in [0.29, 0.717) is 6.54 Å². The van der Waals surface area contributed by atoms with Gasteiger partial charge in [-0.15, -0.1) is 0 Å². The van der Waals surface area contributed by atoms with Gasteiger partial charge in [-0.25, -0.2) is 0 Å². The van der Waals surface area contributed by atoms with Crippen LogP contribution in [0.4, 0.5) is 11.4 Å². The largest absolute Gasteiger partial charge is 0.382 e. The van der Waals surface area contributed by atoms with Gasteiger partial charge in [-0.05, 0) is 75.0 Å². The summed E-state index contributed by atoms with van der Waals surface area (Å²) in [7, 11) is 1.87. The van der Waals surface area contributed by atoms with E-state index >= 15 is 0 Å². The molecule has 0 spiro atoms. The number of hydrogen-bond acceptors (Lipinski definition) is 6. The first-order valence-corrected chi connectivity index (χ1v) is 11.2. The lowest BCUT2D eigenvalue weighted by Gasteiger charge is -2.30. The first-order valence-electron chi connectivity index (χ1n) is 10.4. The lowest BCUT2D eigenvalue weighted by atomic mass is 10.1. The van der Waals surface area contributed by atoms with Crippen LogP contribution in [-0.2, 0) is 0 Å². The molecule has 6 nitrogen and oxygen atoms in total. The van der Waals surface area contributed by atoms with Crippen molar-refractivity contribution >= 4 is 34.6 Å². The maximum Gasteiger partial charge on any atom is 0.132 e. The maximum absolute atomic E-state index is 6.21. The number of benzene rings is 2. The predicted molar refractivity (Wildman–Crippen MR) is 130 cm³/mol. The van der Waals surface area contributed by atoms with Crippen LogP contribution >= 0.6 is 23.2 Å². The monoisotopic (exact) mass is 452 g/mol. The first kappa shape index (κ1) is 24.7. The second-order valence-electron chi connectivity index (χ2n) is 7.27. The van der Waals surface area contributed by atoms with Gasteiger partial charge < -0.3 is 21.3 Å². The van der Waals surface area contributed by atoms with Gasteiger partial charge in [0.1, 0.15) is 6.29 Å². The van der Waals surface area contributed by atoms with Crippen LogP contribution < -0.4 is 32.3 Å². The molecule has 0 aliphatic rings. The van der Waals surface area contributed by atoms with E-state index < -0.39 is 0 Å². The molecule has 0 saturated carbocycles. The zero-order valence-corrected chi connectivity index (χ0v) is 19.1. The Bertz CT molecular complexity index is 711. The van der Waals surface area contributed by atoms with Crippen LogP contribution in [0.2, 0.25) is 10.0 Å². The summed E-state index contributed by atoms with van der Waals surface area (Å²) in [5.74, 6) is 0. The first-order chi connectivity index (χ1) is 14.5. The summed E-state index contributed by atoms with van der Waals surface area (Å²) < 4.78 is 0. The number of unbranched alkanes of at least 4 members (excludes halogenated alkanes) is 3. The molecule has 0 aromatic heterocycles. The van der Waals surface area contributed by atoms with Crippen LogP contribution in [0.1, 0.15) is 25.7 Å². The van der Waals surface area contributed by atoms with Crippen molar-refractivity contribution in [1.82, 2.24) is 10.6 Å². The Morgan fingerprint density at radius 3 is 2.10 bits per heavy atom. The Balaban J connectivity index is 1.58. The zero-order valence-electron chi connectivity index (χ0n) is 17.6. The molecule has 2 atom stereocenters. The van der Waals surface area contributed by atoms with E-state index in [1.54, 1.807) is 0 Å². The average Bonchev–Trinajstić information content (AvgIpc) is 2.75. The average molecular weight is 453 g/mol. The van der Waals surface area contributed by atoms with Gasteiger partial charge in [-0.2, -0.15) is 0 Å². The molecule has 0 saturated heterocycles. The van der Waals surface area contributed by atoms with Crippen molar-refractivity contribution in [2.24, 2.45) is 11.5 Å². The Kier molecular flexibility index (Phi) is 11.3. The fraction of sp³-hybridized carbons (Fsp3) is 0.455. The molecule has 0 bridgehead atoms. The number of nitrogens with one attached hydrogen (secondary N) is 3. The predicted octanol–water partition coefficient (Wildman–Crippen LogP) is 3.81. The fourth-order valence-electron chi connectivity index (χ4n) is 3.13. The number of halogens is 2. The Labute approximate surface area is 190 Å². The third-order valence-corrected chi connectivity index (χ3v) is 5.40. The highest BCUT2D eigenvalue weighted by Gasteiger charge is 2.12. The van der Waals surface area contributed by atoms with E-state index in [-0.39, 0.29) is 12.5 Å². The van der Waals surface area contributed by atoms with Crippen molar-refractivity contribution in [1.29, 1.82) is 0 Å². The van der Waals surface area contributed by atoms with Crippen LogP contribution in [0.15, 0.2) is 48.5 Å². The van der Waals surface area contributed by atoms with Gasteiger partial charge in [0.15, 0.2) is 0 Å². The highest BCUT2D eigenvalue weighted by Crippen LogP contribution is 2.19. The van der Waals surface area contributed by atoms with Crippen LogP contribution in [0.25, 0.3) is 0 Å². The fourth-order valence-corrected chi connectivity index (χ4v) is 3.39. The molecule has 0 amide bonds. The third kappa shape index (κ3) is 9.08. The van der Waals surface area contributed by atoms with E-state index in [9.17, 15) is 0 Å². The van der Waals surface area contributed by atoms with Crippen molar-refractivity contribution in [2.45, 2.75) is 38.1 Å². The van der Waals surface area contributed by atoms with E-state index in [4.69, 9.17) is 34.7 Å². The molecule has 2 unspecified atom stereocenters. The molecule has 30 heavy (non-hydrogen) atoms. The van der Waals surface area contributed by atoms with Crippen molar-refractivity contribution in [3.05, 3.63) is 58.6 Å². The van der Waals surface area contributed by atoms with E-state index in [1.165, 1.54) is 0 Å². The smallest absolute Gasteiger partial charge is 0.132 e. The lowest BCUT2D eigenvalue weighted by Crippen LogP contribution is -2.51. The molecule has 0 radical (unpaired) electrons. The molecule has 2 rings (SSSR count). The van der Waals surface area contributed by atoms with Crippen molar-refractivity contribution in [3.63, 3.8) is 0 Å². The molecule has 7 N–H and O–H groups in total. The lowest BCUT2D eigenvalue weighted by molar-refractivity contribution is 0.500. The van der Waals surface area contributed by atoms with Crippen molar-refractivity contribution < 1.29 is 0 Å². The van der Waals surface area contributed by atoms with Crippen LogP contribution in [-0.4, -0.2) is 39.1 Å². The summed E-state index contributed by atoms with van der Waals surface area (Å²) in [6.07, 6.45) is 4.14. The van der Waals surface area contributed by atoms with Gasteiger partial charge >= 0.3 is 0 Å². The van der Waals surface area contributed by atoms with Crippen LogP contribution in [0, 0.1) is 0 Å². The minimum atomic E-state index is -0.223. The summed E-state index contributed by atoms with van der Waals surface area (Å²) >= 11 is 11.9. The van der Waals surface area contributed by atoms with E-state index in [0.717, 1.165) is 60.2 Å². The summed E-state index contributed by atoms with van der Waals surface area (Å²) in [6.45, 7) is 2.46. The Morgan fingerprint density at radius 1 is 0.867 bits per heavy atom. The second-order valence-corrected chi connectivity index (χ2v) is 8.14. The van der Waals surface area contributed by atoms with E-state index in [1.807, 2.05) is 55.6 Å². The Hall–Kier alpha value is -1.54. The van der Waals surface area contributed by atoms with Gasteiger partial charge in [-0.3, -0.25) is 11.1 Å². The standard InChI is InChI=1S/C22H34Cl2N6/c1-27-22(26)30(20-12-8-18(24)9-13-20)15-5-3-2-4-14-28-21(25)16-29-19-10-6-17(23)7-11-19/h6-13,21-22,27-29H,2-5,14-16,25-26H2,1H3. The summed E-state index contributed by atoms with van der Waals surface area (Å²) in [4.78, 5) is 2.16. The summed E-state index contributed by atoms with van der Waals surface area (Å²) in [6, 6.07) is 15.4. The quantitative estimate of drug-likeness (QED) is 0.221. The molecule has 0 heterocycles. The molecule has 2 aromatic carbocycles. The Morgan fingerprint density at radius 2 is 1.47 bits per heavy atom. The van der Waals surface area contributed by atoms with Crippen molar-refractivity contribution in [3.8, 4) is 0 Å². The second kappa shape index (κ2) is 13.7. The summed E-state index contributed by atoms with van der Waals surface area (Å²) in [5, 5.41) is 11.2. The van der Waals surface area contributed by atoms with Gasteiger partial charge in [0, 0.05) is 34.5 Å². The van der Waals surface area contributed by atoms with Crippen LogP contribution in [0.3, 0.4) is 0 Å². The molecule has 8 heteroatoms. The van der Waals surface area contributed by atoms with Gasteiger partial charge in [0.2, 0.25) is 0 Å². The molecule has 2 aromatic rings. The number of rotatable bonds is 14. The number of anilines is 2. The third-order valence-electron chi connectivity index (χ3n) is 4.89. The number of nitrogens with two attached hydrogens (primary N) is 2. The molecule has 0 fully saturated rings. The van der Waals surface area contributed by atoms with Gasteiger partial charge in [0.25, 0.3) is 0 Å². The molecular formula is C22H34Cl2N6. The van der Waals surface area contributed by atoms with Gasteiger partial charge in [-0.1, -0.05) is 36.0 Å². The van der Waals surface area contributed by atoms with Gasteiger partial charge in [0.05, 0.1) is 6.17 Å². The molecular weight excluding hydrogens is 419 g/mol. The minimum absolute atomic E-state index is 0.0882. The highest BCUT2D eigenvalue weighted by atomic mass is 35.5. The molecule has 0 aliphatic carbocycles. The molecule has 166 valence electrons. The van der Waals surface area contributed by atoms with E-state index in [2.05, 4.69) is 20.9 Å². The van der Waals surface area contributed by atoms with Crippen LogP contribution in [0.5, 0.6) is 0 Å².